The average molecular weight is 504 g/mol. The molecule has 3 aliphatic heterocycles. The van der Waals surface area contributed by atoms with Gasteiger partial charge in [0.15, 0.2) is 18.9 Å². The minimum atomic E-state index is -1.82. The van der Waals surface area contributed by atoms with E-state index >= 15 is 0 Å². The van der Waals surface area contributed by atoms with Crippen LogP contribution in [0.4, 0.5) is 0 Å². The summed E-state index contributed by atoms with van der Waals surface area (Å²) in [6.45, 7) is -2.09. The van der Waals surface area contributed by atoms with Crippen molar-refractivity contribution in [3.05, 3.63) is 0 Å². The second kappa shape index (κ2) is 11.6. The summed E-state index contributed by atoms with van der Waals surface area (Å²) < 4.78 is 26.2. The van der Waals surface area contributed by atoms with Crippen LogP contribution >= 0.6 is 0 Å². The van der Waals surface area contributed by atoms with Crippen LogP contribution < -0.4 is 0 Å². The maximum atomic E-state index is 10.5. The van der Waals surface area contributed by atoms with Gasteiger partial charge in [-0.05, 0) is 0 Å². The first kappa shape index (κ1) is 27.9. The second-order valence-corrected chi connectivity index (χ2v) is 8.37. The van der Waals surface area contributed by atoms with Gasteiger partial charge in [-0.1, -0.05) is 0 Å². The fraction of sp³-hybridized carbons (Fsp3) is 1.00. The lowest BCUT2D eigenvalue weighted by Gasteiger charge is -2.46. The molecule has 3 saturated heterocycles. The van der Waals surface area contributed by atoms with E-state index in [0.29, 0.717) is 0 Å². The molecule has 0 aromatic carbocycles. The lowest BCUT2D eigenvalue weighted by molar-refractivity contribution is -0.363. The van der Waals surface area contributed by atoms with E-state index in [1.165, 1.54) is 0 Å². The van der Waals surface area contributed by atoms with Crippen LogP contribution in [0.25, 0.3) is 0 Å². The zero-order valence-electron chi connectivity index (χ0n) is 17.7. The Hall–Kier alpha value is -0.640. The molecule has 0 radical (unpaired) electrons. The summed E-state index contributed by atoms with van der Waals surface area (Å²) in [4.78, 5) is 0. The average Bonchev–Trinajstić information content (AvgIpc) is 2.83. The van der Waals surface area contributed by atoms with Gasteiger partial charge in [0.2, 0.25) is 0 Å². The topological polar surface area (TPSA) is 269 Å². The highest BCUT2D eigenvalue weighted by Gasteiger charge is 2.51. The third-order valence-electron chi connectivity index (χ3n) is 6.07. The third kappa shape index (κ3) is 5.52. The van der Waals surface area contributed by atoms with Crippen molar-refractivity contribution in [1.82, 2.24) is 0 Å². The quantitative estimate of drug-likeness (QED) is 0.154. The van der Waals surface area contributed by atoms with Crippen molar-refractivity contribution >= 4 is 0 Å². The summed E-state index contributed by atoms with van der Waals surface area (Å²) >= 11 is 0. The summed E-state index contributed by atoms with van der Waals surface area (Å²) in [7, 11) is 0. The molecule has 3 fully saturated rings. The summed E-state index contributed by atoms with van der Waals surface area (Å²) in [5, 5.41) is 109. The molecule has 11 N–H and O–H groups in total. The molecule has 0 spiro atoms. The molecule has 200 valence electrons. The Kier molecular flexibility index (Phi) is 9.54. The monoisotopic (exact) mass is 504 g/mol. The number of hydrogen-bond donors (Lipinski definition) is 11. The molecule has 34 heavy (non-hydrogen) atoms. The van der Waals surface area contributed by atoms with E-state index in [1.54, 1.807) is 0 Å². The van der Waals surface area contributed by atoms with E-state index in [1.807, 2.05) is 0 Å². The van der Waals surface area contributed by atoms with Crippen LogP contribution in [-0.4, -0.2) is 168 Å². The van der Waals surface area contributed by atoms with Crippen molar-refractivity contribution < 1.29 is 79.9 Å². The third-order valence-corrected chi connectivity index (χ3v) is 6.07. The van der Waals surface area contributed by atoms with Crippen LogP contribution in [0.15, 0.2) is 0 Å². The molecule has 0 aromatic rings. The van der Waals surface area contributed by atoms with E-state index in [0.717, 1.165) is 0 Å². The maximum absolute atomic E-state index is 10.5. The van der Waals surface area contributed by atoms with E-state index in [-0.39, 0.29) is 0 Å². The molecule has 3 rings (SSSR count). The van der Waals surface area contributed by atoms with Crippen molar-refractivity contribution in [3.8, 4) is 0 Å². The largest absolute Gasteiger partial charge is 0.394 e. The van der Waals surface area contributed by atoms with Crippen LogP contribution in [0.3, 0.4) is 0 Å². The zero-order chi connectivity index (χ0) is 25.3. The van der Waals surface area contributed by atoms with Gasteiger partial charge < -0.3 is 79.9 Å². The van der Waals surface area contributed by atoms with Gasteiger partial charge in [-0.3, -0.25) is 0 Å². The zero-order valence-corrected chi connectivity index (χ0v) is 17.7. The van der Waals surface area contributed by atoms with Crippen molar-refractivity contribution in [2.75, 3.05) is 19.8 Å². The Labute approximate surface area is 192 Å². The molecule has 3 heterocycles. The first-order valence-electron chi connectivity index (χ1n) is 10.6. The number of hydrogen-bond acceptors (Lipinski definition) is 16. The van der Waals surface area contributed by atoms with Crippen molar-refractivity contribution in [2.45, 2.75) is 92.1 Å². The molecule has 16 nitrogen and oxygen atoms in total. The Balaban J connectivity index is 1.63. The van der Waals surface area contributed by atoms with Crippen molar-refractivity contribution in [2.24, 2.45) is 0 Å². The number of aliphatic hydroxyl groups excluding tert-OH is 11. The molecular formula is C18H32O16. The normalized spacial score (nSPS) is 52.5. The van der Waals surface area contributed by atoms with E-state index in [4.69, 9.17) is 23.7 Å². The van der Waals surface area contributed by atoms with Crippen LogP contribution in [0.5, 0.6) is 0 Å². The van der Waals surface area contributed by atoms with Gasteiger partial charge in [0.1, 0.15) is 73.2 Å². The fourth-order valence-electron chi connectivity index (χ4n) is 3.95. The Morgan fingerprint density at radius 3 is 1.65 bits per heavy atom. The number of rotatable bonds is 7. The number of aliphatic hydroxyl groups is 11. The SMILES string of the molecule is OC[C@H]1O[C@@H](O[C@H]2[C@H](O)[C@@H](O)[C@H](OC[C@H]3OC(O)[C@@H](O)[C@@H](O)[C@@H]3O)O[C@@H]2CO)[C@H](O)[C@@H](O)[C@H]1O. The molecule has 0 saturated carbocycles. The van der Waals surface area contributed by atoms with E-state index < -0.39 is 112 Å². The van der Waals surface area contributed by atoms with Crippen LogP contribution in [0.2, 0.25) is 0 Å². The summed E-state index contributed by atoms with van der Waals surface area (Å²) in [6.07, 6.45) is -24.7. The summed E-state index contributed by atoms with van der Waals surface area (Å²) in [6, 6.07) is 0. The minimum Gasteiger partial charge on any atom is -0.394 e. The minimum absolute atomic E-state index is 0.577. The summed E-state index contributed by atoms with van der Waals surface area (Å²) in [5.74, 6) is 0. The molecule has 16 heteroatoms. The predicted octanol–water partition coefficient (Wildman–Crippen LogP) is -7.57. The van der Waals surface area contributed by atoms with Gasteiger partial charge in [-0.15, -0.1) is 0 Å². The van der Waals surface area contributed by atoms with Crippen LogP contribution in [0, 0.1) is 0 Å². The lowest BCUT2D eigenvalue weighted by atomic mass is 9.97. The molecule has 0 bridgehead atoms. The maximum Gasteiger partial charge on any atom is 0.187 e. The second-order valence-electron chi connectivity index (χ2n) is 8.37. The molecule has 0 aliphatic carbocycles. The summed E-state index contributed by atoms with van der Waals surface area (Å²) in [5.41, 5.74) is 0. The Bertz CT molecular complexity index is 637. The van der Waals surface area contributed by atoms with E-state index in [9.17, 15) is 56.2 Å². The molecule has 3 aliphatic rings. The highest BCUT2D eigenvalue weighted by Crippen LogP contribution is 2.30. The predicted molar refractivity (Wildman–Crippen MR) is 101 cm³/mol. The van der Waals surface area contributed by atoms with Gasteiger partial charge in [-0.25, -0.2) is 0 Å². The Morgan fingerprint density at radius 1 is 0.500 bits per heavy atom. The standard InChI is InChI=1S/C18H32O16/c19-1-4-7(21)10(24)13(27)18(32-4)34-15-5(2-20)33-17(14(28)11(15)25)30-3-6-8(22)9(23)12(26)16(29)31-6/h4-29H,1-3H2/t4-,5-,6-,7+,8-,9+,10+,11-,12+,13-,14-,15-,16?,17-,18+/m1/s1. The molecule has 1 unspecified atom stereocenters. The number of ether oxygens (including phenoxy) is 5. The Morgan fingerprint density at radius 2 is 1.03 bits per heavy atom. The first-order chi connectivity index (χ1) is 16.0. The van der Waals surface area contributed by atoms with Gasteiger partial charge in [0.05, 0.1) is 19.8 Å². The van der Waals surface area contributed by atoms with Crippen LogP contribution in [0.1, 0.15) is 0 Å². The van der Waals surface area contributed by atoms with Gasteiger partial charge in [0.25, 0.3) is 0 Å². The highest BCUT2D eigenvalue weighted by atomic mass is 16.7. The molecule has 15 atom stereocenters. The highest BCUT2D eigenvalue weighted by molar-refractivity contribution is 4.94. The van der Waals surface area contributed by atoms with E-state index in [2.05, 4.69) is 0 Å². The molecule has 0 amide bonds. The van der Waals surface area contributed by atoms with Crippen LogP contribution in [-0.2, 0) is 23.7 Å². The fourth-order valence-corrected chi connectivity index (χ4v) is 3.95. The van der Waals surface area contributed by atoms with Crippen molar-refractivity contribution in [3.63, 3.8) is 0 Å². The van der Waals surface area contributed by atoms with Gasteiger partial charge in [-0.2, -0.15) is 0 Å². The van der Waals surface area contributed by atoms with Gasteiger partial charge in [0, 0.05) is 0 Å². The molecular weight excluding hydrogens is 472 g/mol. The smallest absolute Gasteiger partial charge is 0.187 e. The van der Waals surface area contributed by atoms with Gasteiger partial charge >= 0.3 is 0 Å². The lowest BCUT2D eigenvalue weighted by Crippen LogP contribution is -2.65. The molecule has 0 aromatic heterocycles. The van der Waals surface area contributed by atoms with Crippen molar-refractivity contribution in [1.29, 1.82) is 0 Å². The first-order valence-corrected chi connectivity index (χ1v) is 10.6.